The average Bonchev–Trinajstić information content (AvgIpc) is 2.36. The number of benzene rings is 1. The third-order valence-corrected chi connectivity index (χ3v) is 3.31. The third-order valence-electron chi connectivity index (χ3n) is 2.00. The predicted molar refractivity (Wildman–Crippen MR) is 69.6 cm³/mol. The minimum atomic E-state index is -3.93. The van der Waals surface area contributed by atoms with Gasteiger partial charge in [-0.1, -0.05) is 12.1 Å². The van der Waals surface area contributed by atoms with Crippen LogP contribution in [0.5, 0.6) is 0 Å². The van der Waals surface area contributed by atoms with Crippen molar-refractivity contribution in [3.8, 4) is 0 Å². The van der Waals surface area contributed by atoms with Gasteiger partial charge in [0, 0.05) is 14.1 Å². The fourth-order valence-corrected chi connectivity index (χ4v) is 2.06. The third kappa shape index (κ3) is 6.42. The van der Waals surface area contributed by atoms with E-state index in [1.807, 2.05) is 0 Å². The molecule has 0 N–H and O–H groups in total. The van der Waals surface area contributed by atoms with Gasteiger partial charge >= 0.3 is 51.4 Å². The van der Waals surface area contributed by atoms with E-state index in [1.54, 1.807) is 21.0 Å². The van der Waals surface area contributed by atoms with E-state index in [4.69, 9.17) is 0 Å². The van der Waals surface area contributed by atoms with Crippen molar-refractivity contribution in [2.75, 3.05) is 14.1 Å². The van der Waals surface area contributed by atoms with Gasteiger partial charge in [-0.2, -0.15) is 12.8 Å². The first kappa shape index (κ1) is 19.7. The van der Waals surface area contributed by atoms with E-state index in [-0.39, 0.29) is 62.7 Å². The molecule has 0 saturated heterocycles. The Balaban J connectivity index is 0.00000361. The van der Waals surface area contributed by atoms with Gasteiger partial charge in [0.25, 0.3) is 10.0 Å². The van der Waals surface area contributed by atoms with Crippen LogP contribution in [0.25, 0.3) is 0 Å². The summed E-state index contributed by atoms with van der Waals surface area (Å²) in [6.45, 7) is 1.55. The molecular weight excluding hydrogens is 307 g/mol. The fraction of sp³-hybridized carbons (Fsp3) is 0.364. The van der Waals surface area contributed by atoms with Gasteiger partial charge in [-0.15, -0.1) is 5.11 Å². The molecular formula is C11H15KN4O3S. The quantitative estimate of drug-likeness (QED) is 0.208. The Morgan fingerprint density at radius 3 is 2.25 bits per heavy atom. The molecule has 20 heavy (non-hydrogen) atoms. The van der Waals surface area contributed by atoms with Crippen LogP contribution >= 0.6 is 0 Å². The minimum absolute atomic E-state index is 0. The van der Waals surface area contributed by atoms with Crippen LogP contribution in [0.3, 0.4) is 0 Å². The van der Waals surface area contributed by atoms with E-state index in [0.717, 1.165) is 0 Å². The number of hydrogen-bond acceptors (Lipinski definition) is 5. The Labute approximate surface area is 161 Å². The summed E-state index contributed by atoms with van der Waals surface area (Å²) < 4.78 is 26.6. The standard InChI is InChI=1S/C11H16N4O3S.K/c1-4-11(16)13-19(17,18)10-7-5-9(6-8-10)12-14-15(2)3;/h5-8H,4H2,1-3H3,(H,13,16);/q;+1/p-1. The van der Waals surface area contributed by atoms with E-state index in [2.05, 4.69) is 14.7 Å². The second kappa shape index (κ2) is 8.85. The van der Waals surface area contributed by atoms with Crippen LogP contribution in [0.15, 0.2) is 43.9 Å². The molecule has 0 aliphatic carbocycles. The first-order valence-corrected chi connectivity index (χ1v) is 6.99. The van der Waals surface area contributed by atoms with Crippen molar-refractivity contribution in [2.24, 2.45) is 14.7 Å². The second-order valence-electron chi connectivity index (χ2n) is 3.84. The van der Waals surface area contributed by atoms with Crippen LogP contribution in [0.2, 0.25) is 0 Å². The zero-order chi connectivity index (χ0) is 14.5. The summed E-state index contributed by atoms with van der Waals surface area (Å²) in [6, 6.07) is 5.66. The molecule has 7 nitrogen and oxygen atoms in total. The number of rotatable bonds is 5. The number of nitrogens with zero attached hydrogens (tertiary/aromatic N) is 4. The van der Waals surface area contributed by atoms with Crippen molar-refractivity contribution in [1.82, 2.24) is 5.01 Å². The molecule has 104 valence electrons. The molecule has 0 fully saturated rings. The number of sulfonamides is 1. The molecule has 1 aromatic rings. The maximum Gasteiger partial charge on any atom is 1.00 e. The summed E-state index contributed by atoms with van der Waals surface area (Å²) in [5.74, 6) is -0.670. The first-order chi connectivity index (χ1) is 8.85. The molecule has 0 amide bonds. The van der Waals surface area contributed by atoms with Crippen molar-refractivity contribution in [3.05, 3.63) is 24.3 Å². The molecule has 0 radical (unpaired) electrons. The zero-order valence-electron chi connectivity index (χ0n) is 11.9. The van der Waals surface area contributed by atoms with Crippen LogP contribution < -0.4 is 56.5 Å². The summed E-state index contributed by atoms with van der Waals surface area (Å²) in [7, 11) is -0.487. The molecule has 1 rings (SSSR count). The van der Waals surface area contributed by atoms with Crippen LogP contribution in [0.1, 0.15) is 13.3 Å². The Morgan fingerprint density at radius 1 is 1.25 bits per heavy atom. The van der Waals surface area contributed by atoms with Crippen molar-refractivity contribution in [2.45, 2.75) is 18.2 Å². The Morgan fingerprint density at radius 2 is 1.80 bits per heavy atom. The van der Waals surface area contributed by atoms with Gasteiger partial charge in [0.2, 0.25) is 0 Å². The van der Waals surface area contributed by atoms with Crippen molar-refractivity contribution >= 4 is 21.6 Å². The average molecular weight is 322 g/mol. The normalized spacial score (nSPS) is 12.2. The first-order valence-electron chi connectivity index (χ1n) is 5.55. The van der Waals surface area contributed by atoms with Gasteiger partial charge in [0.05, 0.1) is 10.6 Å². The zero-order valence-corrected chi connectivity index (χ0v) is 15.9. The molecule has 9 heteroatoms. The van der Waals surface area contributed by atoms with Gasteiger partial charge in [-0.3, -0.25) is 5.01 Å². The molecule has 0 saturated carbocycles. The fourth-order valence-electron chi connectivity index (χ4n) is 1.08. The topological polar surface area (TPSA) is 97.5 Å². The van der Waals surface area contributed by atoms with Crippen molar-refractivity contribution in [1.29, 1.82) is 0 Å². The summed E-state index contributed by atoms with van der Waals surface area (Å²) >= 11 is 0. The maximum atomic E-state index is 11.7. The van der Waals surface area contributed by atoms with Crippen LogP contribution in [0, 0.1) is 0 Å². The SMILES string of the molecule is CCC([O-])=NS(=O)(=O)c1ccc(N=NN(C)C)cc1.[K+]. The molecule has 0 aliphatic rings. The second-order valence-corrected chi connectivity index (χ2v) is 5.45. The Hall–Kier alpha value is -0.324. The van der Waals surface area contributed by atoms with Gasteiger partial charge in [-0.25, -0.2) is 0 Å². The van der Waals surface area contributed by atoms with E-state index < -0.39 is 15.9 Å². The molecule has 0 aromatic heterocycles. The summed E-state index contributed by atoms with van der Waals surface area (Å²) in [6.07, 6.45) is 0.0500. The monoisotopic (exact) mass is 322 g/mol. The van der Waals surface area contributed by atoms with E-state index in [9.17, 15) is 13.5 Å². The smallest absolute Gasteiger partial charge is 0.861 e. The van der Waals surface area contributed by atoms with Crippen molar-refractivity contribution in [3.63, 3.8) is 0 Å². The predicted octanol–water partition coefficient (Wildman–Crippen LogP) is -1.89. The summed E-state index contributed by atoms with van der Waals surface area (Å²) in [5.41, 5.74) is 0.509. The molecule has 0 spiro atoms. The van der Waals surface area contributed by atoms with Gasteiger partial charge in [0.15, 0.2) is 0 Å². The summed E-state index contributed by atoms with van der Waals surface area (Å²) in [5, 5.41) is 20.2. The molecule has 0 unspecified atom stereocenters. The van der Waals surface area contributed by atoms with E-state index in [0.29, 0.717) is 5.69 Å². The minimum Gasteiger partial charge on any atom is -0.861 e. The molecule has 1 aromatic carbocycles. The van der Waals surface area contributed by atoms with Crippen LogP contribution in [-0.2, 0) is 10.0 Å². The van der Waals surface area contributed by atoms with Gasteiger partial charge < -0.3 is 5.11 Å². The Bertz CT molecular complexity index is 582. The number of hydrogen-bond donors (Lipinski definition) is 0. The molecule has 0 atom stereocenters. The van der Waals surface area contributed by atoms with E-state index >= 15 is 0 Å². The molecule has 0 bridgehead atoms. The maximum absolute atomic E-state index is 11.7. The Kier molecular flexibility index (Phi) is 8.71. The van der Waals surface area contributed by atoms with E-state index in [1.165, 1.54) is 29.3 Å². The summed E-state index contributed by atoms with van der Waals surface area (Å²) in [4.78, 5) is -0.0434. The molecule has 0 aliphatic heterocycles. The largest absolute Gasteiger partial charge is 1.00 e. The van der Waals surface area contributed by atoms with Crippen molar-refractivity contribution < 1.29 is 64.9 Å². The van der Waals surface area contributed by atoms with Gasteiger partial charge in [-0.05, 0) is 36.6 Å². The van der Waals surface area contributed by atoms with Crippen LogP contribution in [0.4, 0.5) is 5.69 Å². The molecule has 0 heterocycles. The van der Waals surface area contributed by atoms with Gasteiger partial charge in [0.1, 0.15) is 0 Å². The van der Waals surface area contributed by atoms with Crippen LogP contribution in [-0.4, -0.2) is 33.4 Å².